The number of piperidine rings is 1. The van der Waals surface area contributed by atoms with Gasteiger partial charge in [0.25, 0.3) is 11.6 Å². The quantitative estimate of drug-likeness (QED) is 0.197. The first-order valence-electron chi connectivity index (χ1n) is 14.4. The minimum Gasteiger partial charge on any atom is -0.452 e. The monoisotopic (exact) mass is 614 g/mol. The number of non-ortho nitro benzene ring substituents is 1. The zero-order valence-corrected chi connectivity index (χ0v) is 25.4. The lowest BCUT2D eigenvalue weighted by atomic mass is 10.00. The fraction of sp³-hybridized carbons (Fsp3) is 0.312. The first-order chi connectivity index (χ1) is 21.4. The van der Waals surface area contributed by atoms with E-state index in [1.165, 1.54) is 34.8 Å². The van der Waals surface area contributed by atoms with Gasteiger partial charge in [-0.15, -0.1) is 0 Å². The molecule has 0 unspecified atom stereocenters. The fourth-order valence-electron chi connectivity index (χ4n) is 5.38. The van der Waals surface area contributed by atoms with Crippen LogP contribution in [-0.2, 0) is 9.47 Å². The molecule has 4 aromatic rings. The minimum atomic E-state index is -0.733. The topological polar surface area (TPSA) is 149 Å². The molecule has 0 atom stereocenters. The average Bonchev–Trinajstić information content (AvgIpc) is 3.44. The molecule has 13 heteroatoms. The number of nitrogens with one attached hydrogen (secondary N) is 1. The number of nitro benzene ring substituents is 1. The van der Waals surface area contributed by atoms with Crippen molar-refractivity contribution in [3.8, 4) is 0 Å². The van der Waals surface area contributed by atoms with Crippen LogP contribution < -0.4 is 15.1 Å². The van der Waals surface area contributed by atoms with Gasteiger partial charge in [-0.05, 0) is 70.0 Å². The Morgan fingerprint density at radius 3 is 2.38 bits per heavy atom. The van der Waals surface area contributed by atoms with Crippen LogP contribution in [0, 0.1) is 10.1 Å². The number of anilines is 3. The Kier molecular flexibility index (Phi) is 8.70. The number of nitro groups is 1. The Morgan fingerprint density at radius 2 is 1.73 bits per heavy atom. The lowest BCUT2D eigenvalue weighted by molar-refractivity contribution is -0.384. The maximum Gasteiger partial charge on any atom is 0.418 e. The highest BCUT2D eigenvalue weighted by Gasteiger charge is 2.34. The van der Waals surface area contributed by atoms with Crippen molar-refractivity contribution in [1.82, 2.24) is 9.55 Å². The van der Waals surface area contributed by atoms with E-state index in [0.29, 0.717) is 37.1 Å². The van der Waals surface area contributed by atoms with Crippen molar-refractivity contribution >= 4 is 51.7 Å². The van der Waals surface area contributed by atoms with Gasteiger partial charge in [0.05, 0.1) is 28.8 Å². The molecule has 1 N–H and O–H groups in total. The van der Waals surface area contributed by atoms with Crippen LogP contribution >= 0.6 is 0 Å². The van der Waals surface area contributed by atoms with Crippen LogP contribution in [0.15, 0.2) is 73.2 Å². The summed E-state index contributed by atoms with van der Waals surface area (Å²) in [6, 6.07) is 14.0. The molecule has 0 bridgehead atoms. The summed E-state index contributed by atoms with van der Waals surface area (Å²) >= 11 is 0. The van der Waals surface area contributed by atoms with Crippen molar-refractivity contribution in [2.45, 2.75) is 45.3 Å². The Bertz CT molecular complexity index is 1740. The molecule has 45 heavy (non-hydrogen) atoms. The maximum atomic E-state index is 13.8. The molecule has 1 aliphatic heterocycles. The van der Waals surface area contributed by atoms with Crippen LogP contribution in [0.5, 0.6) is 0 Å². The highest BCUT2D eigenvalue weighted by Crippen LogP contribution is 2.33. The van der Waals surface area contributed by atoms with Crippen LogP contribution in [0.2, 0.25) is 0 Å². The van der Waals surface area contributed by atoms with Gasteiger partial charge in [0, 0.05) is 66.6 Å². The Hall–Kier alpha value is -5.46. The summed E-state index contributed by atoms with van der Waals surface area (Å²) in [5.74, 6) is -0.599. The van der Waals surface area contributed by atoms with Crippen molar-refractivity contribution in [1.29, 1.82) is 0 Å². The molecule has 2 amide bonds. The van der Waals surface area contributed by atoms with E-state index in [9.17, 15) is 24.5 Å². The second-order valence-electron chi connectivity index (χ2n) is 11.6. The van der Waals surface area contributed by atoms with Gasteiger partial charge < -0.3 is 19.7 Å². The standard InChI is InChI=1S/C32H34N6O7/c1-32(2,3)45-30(40)36-18-11-21-5-6-22(19-27(21)36)34-29(39)26-8-7-25(38(42)43)20-28(26)37(31(41)44-4)24-12-16-35(17-13-24)23-9-14-33-15-10-23/h5-11,14-15,18-20,24H,12-13,16-17H2,1-4H3,(H,34,39). The van der Waals surface area contributed by atoms with Crippen molar-refractivity contribution in [3.05, 3.63) is 88.9 Å². The zero-order valence-electron chi connectivity index (χ0n) is 25.4. The van der Waals surface area contributed by atoms with E-state index >= 15 is 0 Å². The smallest absolute Gasteiger partial charge is 0.418 e. The Labute approximate surface area is 259 Å². The van der Waals surface area contributed by atoms with Crippen LogP contribution in [-0.4, -0.2) is 64.4 Å². The molecule has 0 radical (unpaired) electrons. The molecule has 234 valence electrons. The summed E-state index contributed by atoms with van der Waals surface area (Å²) in [7, 11) is 1.23. The number of pyridine rings is 1. The van der Waals surface area contributed by atoms with Crippen molar-refractivity contribution in [3.63, 3.8) is 0 Å². The fourth-order valence-corrected chi connectivity index (χ4v) is 5.38. The number of hydrogen-bond donors (Lipinski definition) is 1. The number of nitrogens with zero attached hydrogens (tertiary/aromatic N) is 5. The normalized spacial score (nSPS) is 13.7. The molecule has 1 aliphatic rings. The number of rotatable bonds is 6. The van der Waals surface area contributed by atoms with E-state index < -0.39 is 34.7 Å². The number of fused-ring (bicyclic) bond motifs is 1. The largest absolute Gasteiger partial charge is 0.452 e. The first kappa shape index (κ1) is 31.0. The number of carbonyl (C=O) groups is 3. The molecule has 0 aliphatic carbocycles. The number of amides is 2. The van der Waals surface area contributed by atoms with Gasteiger partial charge in [-0.1, -0.05) is 6.07 Å². The molecule has 2 aromatic heterocycles. The third kappa shape index (κ3) is 6.87. The second-order valence-corrected chi connectivity index (χ2v) is 11.6. The van der Waals surface area contributed by atoms with Gasteiger partial charge in [0.15, 0.2) is 0 Å². The van der Waals surface area contributed by atoms with Gasteiger partial charge in [0.1, 0.15) is 5.60 Å². The van der Waals surface area contributed by atoms with Crippen LogP contribution in [0.4, 0.5) is 32.3 Å². The van der Waals surface area contributed by atoms with Gasteiger partial charge in [0.2, 0.25) is 0 Å². The summed E-state index contributed by atoms with van der Waals surface area (Å²) in [5.41, 5.74) is 1.02. The highest BCUT2D eigenvalue weighted by molar-refractivity contribution is 6.11. The predicted octanol–water partition coefficient (Wildman–Crippen LogP) is 6.22. The van der Waals surface area contributed by atoms with E-state index in [1.807, 2.05) is 12.1 Å². The van der Waals surface area contributed by atoms with E-state index in [4.69, 9.17) is 9.47 Å². The molecule has 5 rings (SSSR count). The third-order valence-electron chi connectivity index (χ3n) is 7.47. The SMILES string of the molecule is COC(=O)N(c1cc([N+](=O)[O-])ccc1C(=O)Nc1ccc2ccn(C(=O)OC(C)(C)C)c2c1)C1CCN(c2ccncc2)CC1. The molecular formula is C32H34N6O7. The van der Waals surface area contributed by atoms with Crippen LogP contribution in [0.3, 0.4) is 0 Å². The van der Waals surface area contributed by atoms with Crippen LogP contribution in [0.25, 0.3) is 10.9 Å². The van der Waals surface area contributed by atoms with E-state index in [2.05, 4.69) is 15.2 Å². The Morgan fingerprint density at radius 1 is 1.02 bits per heavy atom. The molecule has 1 saturated heterocycles. The lowest BCUT2D eigenvalue weighted by Crippen LogP contribution is -2.48. The second kappa shape index (κ2) is 12.6. The predicted molar refractivity (Wildman–Crippen MR) is 169 cm³/mol. The molecule has 0 spiro atoms. The van der Waals surface area contributed by atoms with Crippen LogP contribution in [0.1, 0.15) is 44.0 Å². The maximum absolute atomic E-state index is 13.8. The minimum absolute atomic E-state index is 0.0465. The van der Waals surface area contributed by atoms with E-state index in [-0.39, 0.29) is 16.9 Å². The van der Waals surface area contributed by atoms with Crippen molar-refractivity contribution in [2.75, 3.05) is 35.3 Å². The van der Waals surface area contributed by atoms with Crippen molar-refractivity contribution < 1.29 is 28.8 Å². The van der Waals surface area contributed by atoms with E-state index in [1.54, 1.807) is 63.6 Å². The first-order valence-corrected chi connectivity index (χ1v) is 14.4. The summed E-state index contributed by atoms with van der Waals surface area (Å²) in [4.78, 5) is 58.5. The average molecular weight is 615 g/mol. The Balaban J connectivity index is 1.45. The van der Waals surface area contributed by atoms with Gasteiger partial charge in [-0.25, -0.2) is 9.59 Å². The number of ether oxygens (including phenoxy) is 2. The molecule has 3 heterocycles. The lowest BCUT2D eigenvalue weighted by Gasteiger charge is -2.39. The third-order valence-corrected chi connectivity index (χ3v) is 7.47. The molecular weight excluding hydrogens is 580 g/mol. The summed E-state index contributed by atoms with van der Waals surface area (Å²) in [5, 5.41) is 15.3. The number of aromatic nitrogens is 2. The zero-order chi connectivity index (χ0) is 32.3. The number of hydrogen-bond acceptors (Lipinski definition) is 9. The molecule has 2 aromatic carbocycles. The summed E-state index contributed by atoms with van der Waals surface area (Å²) in [6.07, 6.45) is 4.77. The molecule has 1 fully saturated rings. The highest BCUT2D eigenvalue weighted by atomic mass is 16.6. The van der Waals surface area contributed by atoms with Gasteiger partial charge in [-0.3, -0.25) is 29.4 Å². The summed E-state index contributed by atoms with van der Waals surface area (Å²) in [6.45, 7) is 6.52. The summed E-state index contributed by atoms with van der Waals surface area (Å²) < 4.78 is 12.0. The van der Waals surface area contributed by atoms with E-state index in [0.717, 1.165) is 11.1 Å². The molecule has 0 saturated carbocycles. The molecule has 13 nitrogen and oxygen atoms in total. The van der Waals surface area contributed by atoms with Gasteiger partial charge >= 0.3 is 12.2 Å². The number of benzene rings is 2. The number of methoxy groups -OCH3 is 1. The van der Waals surface area contributed by atoms with Gasteiger partial charge in [-0.2, -0.15) is 0 Å². The van der Waals surface area contributed by atoms with Crippen molar-refractivity contribution in [2.24, 2.45) is 0 Å². The number of carbonyl (C=O) groups excluding carboxylic acids is 3.